The third-order valence-electron chi connectivity index (χ3n) is 8.96. The van der Waals surface area contributed by atoms with Crippen LogP contribution in [0.4, 0.5) is 0 Å². The molecule has 0 radical (unpaired) electrons. The van der Waals surface area contributed by atoms with Gasteiger partial charge in [-0.25, -0.2) is 0 Å². The summed E-state index contributed by atoms with van der Waals surface area (Å²) in [6, 6.07) is 0. The predicted octanol–water partition coefficient (Wildman–Crippen LogP) is -11.0. The van der Waals surface area contributed by atoms with Gasteiger partial charge in [0.25, 0.3) is 0 Å². The lowest BCUT2D eigenvalue weighted by Crippen LogP contribution is -2.86. The molecule has 4 aliphatic heterocycles. The Morgan fingerprint density at radius 3 is 1.33 bits per heavy atom. The van der Waals surface area contributed by atoms with Gasteiger partial charge < -0.3 is 105 Å². The van der Waals surface area contributed by atoms with E-state index in [1.54, 1.807) is 0 Å². The molecule has 0 amide bonds. The van der Waals surface area contributed by atoms with E-state index in [0.717, 1.165) is 0 Å². The minimum absolute atomic E-state index is 0.913. The van der Waals surface area contributed by atoms with Gasteiger partial charge >= 0.3 is 0 Å². The van der Waals surface area contributed by atoms with Gasteiger partial charge in [0.05, 0.1) is 26.4 Å². The van der Waals surface area contributed by atoms with Crippen LogP contribution in [0.2, 0.25) is 0 Å². The monoisotopic (exact) mass is 666 g/mol. The molecule has 3 unspecified atom stereocenters. The highest BCUT2D eigenvalue weighted by Gasteiger charge is 2.75. The first-order valence-corrected chi connectivity index (χ1v) is 14.0. The fraction of sp³-hybridized carbons (Fsp3) is 1.00. The van der Waals surface area contributed by atoms with Crippen LogP contribution in [-0.2, 0) is 23.7 Å². The molecule has 0 bridgehead atoms. The van der Waals surface area contributed by atoms with Gasteiger partial charge in [-0.1, -0.05) is 0 Å². The Labute approximate surface area is 253 Å². The summed E-state index contributed by atoms with van der Waals surface area (Å²) in [6.07, 6.45) is -38.5. The molecule has 264 valence electrons. The third-order valence-corrected chi connectivity index (χ3v) is 8.96. The Bertz CT molecular complexity index is 973. The van der Waals surface area contributed by atoms with Gasteiger partial charge in [0.1, 0.15) is 104 Å². The second-order valence-corrected chi connectivity index (χ2v) is 11.6. The van der Waals surface area contributed by atoms with Gasteiger partial charge in [-0.2, -0.15) is 0 Å². The average Bonchev–Trinajstić information content (AvgIpc) is 3.02. The van der Waals surface area contributed by atoms with Crippen molar-refractivity contribution in [3.63, 3.8) is 0 Å². The van der Waals surface area contributed by atoms with Crippen molar-refractivity contribution in [3.8, 4) is 0 Å². The maximum absolute atomic E-state index is 12.2. The molecule has 0 aromatic carbocycles. The molecule has 20 atom stereocenters. The van der Waals surface area contributed by atoms with Crippen molar-refractivity contribution in [1.29, 1.82) is 0 Å². The van der Waals surface area contributed by atoms with E-state index in [9.17, 15) is 81.7 Å². The lowest BCUT2D eigenvalue weighted by atomic mass is 9.68. The molecule has 45 heavy (non-hydrogen) atoms. The lowest BCUT2D eigenvalue weighted by Gasteiger charge is -2.61. The van der Waals surface area contributed by atoms with Crippen molar-refractivity contribution in [2.75, 3.05) is 26.4 Å². The van der Waals surface area contributed by atoms with Crippen LogP contribution < -0.4 is 0 Å². The molecular weight excluding hydrogens is 624 g/mol. The summed E-state index contributed by atoms with van der Waals surface area (Å²) >= 11 is 0. The zero-order valence-corrected chi connectivity index (χ0v) is 23.4. The molecule has 0 aliphatic carbocycles. The second-order valence-electron chi connectivity index (χ2n) is 11.6. The fourth-order valence-electron chi connectivity index (χ4n) is 6.25. The van der Waals surface area contributed by atoms with Gasteiger partial charge in [-0.15, -0.1) is 0 Å². The first-order valence-electron chi connectivity index (χ1n) is 14.0. The van der Waals surface area contributed by atoms with Crippen molar-refractivity contribution in [3.05, 3.63) is 0 Å². The number of hydrogen-bond acceptors (Lipinski definition) is 21. The number of aliphatic hydroxyl groups excluding tert-OH is 14. The SMILES string of the molecule is OC[C@H]1O[C@@H](O[C@@H]2[C@@H](CO)OC(O)(C3O[C@H](CO)[C@H](O)[C@H](O)[C@@H]3O)[C@@](O)(C3O[C@H](CO)[C@H](O)[C@H](O)[C@@H]3O)[C@H]2O)[C@H](O)[C@@H](O)[C@H]1O. The van der Waals surface area contributed by atoms with E-state index in [-0.39, 0.29) is 0 Å². The van der Waals surface area contributed by atoms with Gasteiger partial charge in [-0.05, 0) is 0 Å². The van der Waals surface area contributed by atoms with Gasteiger partial charge in [0.2, 0.25) is 5.79 Å². The molecule has 4 fully saturated rings. The van der Waals surface area contributed by atoms with Crippen molar-refractivity contribution in [2.24, 2.45) is 0 Å². The lowest BCUT2D eigenvalue weighted by molar-refractivity contribution is -0.468. The van der Waals surface area contributed by atoms with E-state index >= 15 is 0 Å². The predicted molar refractivity (Wildman–Crippen MR) is 134 cm³/mol. The summed E-state index contributed by atoms with van der Waals surface area (Å²) < 4.78 is 27.1. The molecule has 16 N–H and O–H groups in total. The van der Waals surface area contributed by atoms with E-state index in [0.29, 0.717) is 0 Å². The number of ether oxygens (including phenoxy) is 5. The maximum Gasteiger partial charge on any atom is 0.230 e. The second kappa shape index (κ2) is 13.9. The molecule has 0 aromatic heterocycles. The fourth-order valence-corrected chi connectivity index (χ4v) is 6.25. The topological polar surface area (TPSA) is 370 Å². The molecule has 4 aliphatic rings. The summed E-state index contributed by atoms with van der Waals surface area (Å²) in [5, 5.41) is 169. The standard InChI is InChI=1S/C24H42O21/c25-1-5-9(29)12(32)15(35)20(41-5)23(39)19(38)18(44-22-17(37)14(34)11(31)7(3-27)43-22)8(4-28)45-24(23,40)21-16(36)13(33)10(30)6(2-26)42-21/h5-22,25-40H,1-4H2/t5-,6-,7-,8-,9+,10+,11+,12+,13+,14+,15+,16+,17-,18-,19+,20?,21?,22+,23+,24?/m1/s1. The minimum Gasteiger partial charge on any atom is -0.394 e. The highest BCUT2D eigenvalue weighted by atomic mass is 16.7. The van der Waals surface area contributed by atoms with Crippen molar-refractivity contribution < 1.29 is 105 Å². The summed E-state index contributed by atoms with van der Waals surface area (Å²) in [4.78, 5) is 0. The first kappa shape index (κ1) is 37.0. The Morgan fingerprint density at radius 1 is 0.467 bits per heavy atom. The van der Waals surface area contributed by atoms with Crippen LogP contribution in [-0.4, -0.2) is 230 Å². The smallest absolute Gasteiger partial charge is 0.230 e. The van der Waals surface area contributed by atoms with Crippen LogP contribution in [0.3, 0.4) is 0 Å². The normalized spacial score (nSPS) is 56.3. The van der Waals surface area contributed by atoms with E-state index in [2.05, 4.69) is 0 Å². The molecule has 4 heterocycles. The Morgan fingerprint density at radius 2 is 0.867 bits per heavy atom. The first-order chi connectivity index (χ1) is 21.0. The summed E-state index contributed by atoms with van der Waals surface area (Å²) in [5.74, 6) is -3.67. The number of aliphatic hydroxyl groups is 16. The quantitative estimate of drug-likeness (QED) is 0.114. The van der Waals surface area contributed by atoms with Crippen LogP contribution >= 0.6 is 0 Å². The number of rotatable bonds is 8. The maximum atomic E-state index is 12.2. The Hall–Kier alpha value is -0.840. The van der Waals surface area contributed by atoms with Crippen LogP contribution in [0.5, 0.6) is 0 Å². The van der Waals surface area contributed by atoms with E-state index in [1.165, 1.54) is 0 Å². The van der Waals surface area contributed by atoms with Crippen molar-refractivity contribution >= 4 is 0 Å². The van der Waals surface area contributed by atoms with Gasteiger partial charge in [0, 0.05) is 0 Å². The molecule has 4 saturated heterocycles. The molecular formula is C24H42O21. The van der Waals surface area contributed by atoms with Crippen LogP contribution in [0, 0.1) is 0 Å². The average molecular weight is 667 g/mol. The van der Waals surface area contributed by atoms with Crippen LogP contribution in [0.15, 0.2) is 0 Å². The largest absolute Gasteiger partial charge is 0.394 e. The number of hydrogen-bond donors (Lipinski definition) is 16. The zero-order valence-electron chi connectivity index (χ0n) is 23.4. The summed E-state index contributed by atoms with van der Waals surface area (Å²) in [7, 11) is 0. The van der Waals surface area contributed by atoms with Crippen LogP contribution in [0.1, 0.15) is 0 Å². The minimum atomic E-state index is -3.67. The summed E-state index contributed by atoms with van der Waals surface area (Å²) in [5.41, 5.74) is -3.67. The molecule has 0 spiro atoms. The van der Waals surface area contributed by atoms with Gasteiger partial charge in [-0.3, -0.25) is 0 Å². The van der Waals surface area contributed by atoms with Crippen LogP contribution in [0.25, 0.3) is 0 Å². The van der Waals surface area contributed by atoms with E-state index in [4.69, 9.17) is 23.7 Å². The molecule has 0 saturated carbocycles. The Balaban J connectivity index is 1.83. The Kier molecular flexibility index (Phi) is 11.5. The van der Waals surface area contributed by atoms with E-state index < -0.39 is 148 Å². The zero-order chi connectivity index (χ0) is 33.8. The van der Waals surface area contributed by atoms with E-state index in [1.807, 2.05) is 0 Å². The molecule has 21 heteroatoms. The van der Waals surface area contributed by atoms with Gasteiger partial charge in [0.15, 0.2) is 11.9 Å². The molecule has 0 aromatic rings. The highest BCUT2D eigenvalue weighted by Crippen LogP contribution is 2.49. The molecule has 4 rings (SSSR count). The summed E-state index contributed by atoms with van der Waals surface area (Å²) in [6.45, 7) is -4.25. The van der Waals surface area contributed by atoms with Crippen molar-refractivity contribution in [1.82, 2.24) is 0 Å². The highest BCUT2D eigenvalue weighted by molar-refractivity contribution is 5.20. The molecule has 21 nitrogen and oxygen atoms in total. The third kappa shape index (κ3) is 5.92. The van der Waals surface area contributed by atoms with Crippen molar-refractivity contribution in [2.45, 2.75) is 121 Å².